The lowest BCUT2D eigenvalue weighted by Gasteiger charge is -2.44. The van der Waals surface area contributed by atoms with Crippen LogP contribution in [-0.4, -0.2) is 31.2 Å². The van der Waals surface area contributed by atoms with Gasteiger partial charge >= 0.3 is 0 Å². The van der Waals surface area contributed by atoms with Crippen molar-refractivity contribution in [2.45, 2.75) is 59.3 Å². The molecule has 1 heterocycles. The number of halogens is 1. The lowest BCUT2D eigenvalue weighted by Crippen LogP contribution is -2.42. The minimum absolute atomic E-state index is 0.0350. The van der Waals surface area contributed by atoms with E-state index in [-0.39, 0.29) is 34.9 Å². The first-order chi connectivity index (χ1) is 18.9. The van der Waals surface area contributed by atoms with Crippen LogP contribution in [0.1, 0.15) is 64.9 Å². The molecule has 0 saturated carbocycles. The van der Waals surface area contributed by atoms with Crippen molar-refractivity contribution in [3.8, 4) is 11.5 Å². The van der Waals surface area contributed by atoms with Crippen molar-refractivity contribution in [3.05, 3.63) is 75.0 Å². The van der Waals surface area contributed by atoms with E-state index < -0.39 is 5.92 Å². The first kappa shape index (κ1) is 28.1. The maximum Gasteiger partial charge on any atom is 0.262 e. The average molecular weight is 608 g/mol. The number of anilines is 1. The third-order valence-corrected chi connectivity index (χ3v) is 8.23. The lowest BCUT2D eigenvalue weighted by atomic mass is 9.64. The summed E-state index contributed by atoms with van der Waals surface area (Å²) in [6.45, 7) is 8.13. The number of hydrogen-bond acceptors (Lipinski definition) is 6. The summed E-state index contributed by atoms with van der Waals surface area (Å²) in [5.41, 5.74) is 3.90. The second-order valence-electron chi connectivity index (χ2n) is 12.4. The van der Waals surface area contributed by atoms with Gasteiger partial charge in [-0.05, 0) is 54.0 Å². The molecule has 1 aliphatic heterocycles. The van der Waals surface area contributed by atoms with Gasteiger partial charge in [0.15, 0.2) is 18.2 Å². The molecule has 2 aromatic rings. The number of amides is 1. The molecule has 0 radical (unpaired) electrons. The molecule has 0 spiro atoms. The highest BCUT2D eigenvalue weighted by Crippen LogP contribution is 2.52. The van der Waals surface area contributed by atoms with E-state index in [1.165, 1.54) is 0 Å². The van der Waals surface area contributed by atoms with E-state index in [0.717, 1.165) is 15.9 Å². The lowest BCUT2D eigenvalue weighted by molar-refractivity contribution is -0.120. The number of nitrogens with one attached hydrogen (secondary N) is 2. The van der Waals surface area contributed by atoms with Crippen LogP contribution in [0.5, 0.6) is 11.5 Å². The standard InChI is InChI=1S/C32H35BrN2O5/c1-31(2)13-21-29(23(36)15-31)28(30-22(34-21)14-32(3,4)16-24(30)37)19-12-18(33)10-11-25(19)40-17-27(38)35-20-8-6-7-9-26(20)39-5/h6-12,28,34H,13-17H2,1-5H3,(H,35,38). The topological polar surface area (TPSA) is 93.7 Å². The first-order valence-corrected chi connectivity index (χ1v) is 14.3. The number of hydrogen-bond donors (Lipinski definition) is 2. The number of methoxy groups -OCH3 is 1. The summed E-state index contributed by atoms with van der Waals surface area (Å²) in [6, 6.07) is 12.7. The quantitative estimate of drug-likeness (QED) is 0.392. The van der Waals surface area contributed by atoms with Crippen LogP contribution in [0.2, 0.25) is 0 Å². The van der Waals surface area contributed by atoms with Gasteiger partial charge in [-0.2, -0.15) is 0 Å². The predicted octanol–water partition coefficient (Wildman–Crippen LogP) is 6.45. The number of benzene rings is 2. The number of ether oxygens (including phenoxy) is 2. The molecule has 0 fully saturated rings. The van der Waals surface area contributed by atoms with Gasteiger partial charge in [0, 0.05) is 51.3 Å². The Morgan fingerprint density at radius 3 is 2.12 bits per heavy atom. The highest BCUT2D eigenvalue weighted by molar-refractivity contribution is 9.10. The number of rotatable bonds is 6. The van der Waals surface area contributed by atoms with Crippen molar-refractivity contribution in [2.75, 3.05) is 19.0 Å². The zero-order chi connectivity index (χ0) is 28.8. The van der Waals surface area contributed by atoms with E-state index in [2.05, 4.69) is 54.3 Å². The summed E-state index contributed by atoms with van der Waals surface area (Å²) in [4.78, 5) is 40.3. The molecule has 5 rings (SSSR count). The number of Topliss-reactive ketones (excluding diaryl/α,β-unsaturated/α-hetero) is 2. The van der Waals surface area contributed by atoms with Gasteiger partial charge in [-0.3, -0.25) is 14.4 Å². The van der Waals surface area contributed by atoms with Gasteiger partial charge in [-0.1, -0.05) is 55.8 Å². The summed E-state index contributed by atoms with van der Waals surface area (Å²) >= 11 is 3.58. The second-order valence-corrected chi connectivity index (χ2v) is 13.4. The van der Waals surface area contributed by atoms with Crippen LogP contribution >= 0.6 is 15.9 Å². The number of carbonyl (C=O) groups is 3. The highest BCUT2D eigenvalue weighted by Gasteiger charge is 2.47. The van der Waals surface area contributed by atoms with Gasteiger partial charge in [-0.25, -0.2) is 0 Å². The van der Waals surface area contributed by atoms with Crippen LogP contribution in [-0.2, 0) is 14.4 Å². The Labute approximate surface area is 243 Å². The Bertz CT molecular complexity index is 1420. The molecular formula is C32H35BrN2O5. The minimum atomic E-state index is -0.566. The molecule has 210 valence electrons. The zero-order valence-corrected chi connectivity index (χ0v) is 25.2. The average Bonchev–Trinajstić information content (AvgIpc) is 2.85. The fraction of sp³-hybridized carbons (Fsp3) is 0.406. The van der Waals surface area contributed by atoms with Gasteiger partial charge in [-0.15, -0.1) is 0 Å². The summed E-state index contributed by atoms with van der Waals surface area (Å²) in [5.74, 6) is 0.156. The van der Waals surface area contributed by atoms with E-state index in [1.807, 2.05) is 24.3 Å². The molecule has 7 nitrogen and oxygen atoms in total. The smallest absolute Gasteiger partial charge is 0.262 e. The number of allylic oxidation sites excluding steroid dienone is 4. The van der Waals surface area contributed by atoms with E-state index in [0.29, 0.717) is 59.6 Å². The summed E-state index contributed by atoms with van der Waals surface area (Å²) in [5, 5.41) is 6.37. The van der Waals surface area contributed by atoms with E-state index in [4.69, 9.17) is 9.47 Å². The Morgan fingerprint density at radius 1 is 0.925 bits per heavy atom. The second kappa shape index (κ2) is 10.5. The van der Waals surface area contributed by atoms with E-state index in [1.54, 1.807) is 25.3 Å². The SMILES string of the molecule is COc1ccccc1NC(=O)COc1ccc(Br)cc1C1C2=C(CC(C)(C)CC2=O)NC2=C1C(=O)CC(C)(C)C2. The fourth-order valence-corrected chi connectivity index (χ4v) is 6.53. The molecule has 0 atom stereocenters. The van der Waals surface area contributed by atoms with Crippen LogP contribution in [0, 0.1) is 10.8 Å². The van der Waals surface area contributed by atoms with Gasteiger partial charge in [0.25, 0.3) is 5.91 Å². The molecule has 0 bridgehead atoms. The molecular weight excluding hydrogens is 572 g/mol. The highest BCUT2D eigenvalue weighted by atomic mass is 79.9. The number of dihydropyridines is 1. The summed E-state index contributed by atoms with van der Waals surface area (Å²) in [6.07, 6.45) is 2.22. The first-order valence-electron chi connectivity index (χ1n) is 13.5. The molecule has 0 aromatic heterocycles. The maximum atomic E-state index is 13.7. The Kier molecular flexibility index (Phi) is 7.42. The normalized spacial score (nSPS) is 19.9. The number of ketones is 2. The number of carbonyl (C=O) groups excluding carboxylic acids is 3. The Hall–Kier alpha value is -3.39. The van der Waals surface area contributed by atoms with Crippen LogP contribution < -0.4 is 20.1 Å². The van der Waals surface area contributed by atoms with Crippen LogP contribution in [0.25, 0.3) is 0 Å². The van der Waals surface area contributed by atoms with Crippen LogP contribution in [0.3, 0.4) is 0 Å². The van der Waals surface area contributed by atoms with Gasteiger partial charge in [0.05, 0.1) is 12.8 Å². The fourth-order valence-electron chi connectivity index (χ4n) is 6.15. The molecule has 2 N–H and O–H groups in total. The maximum absolute atomic E-state index is 13.7. The molecule has 0 unspecified atom stereocenters. The van der Waals surface area contributed by atoms with Crippen molar-refractivity contribution in [1.82, 2.24) is 5.32 Å². The molecule has 1 amide bonds. The molecule has 2 aromatic carbocycles. The van der Waals surface area contributed by atoms with Gasteiger partial charge in [0.2, 0.25) is 0 Å². The van der Waals surface area contributed by atoms with Gasteiger partial charge < -0.3 is 20.1 Å². The minimum Gasteiger partial charge on any atom is -0.495 e. The van der Waals surface area contributed by atoms with Crippen molar-refractivity contribution in [3.63, 3.8) is 0 Å². The predicted molar refractivity (Wildman–Crippen MR) is 157 cm³/mol. The molecule has 40 heavy (non-hydrogen) atoms. The van der Waals surface area contributed by atoms with Crippen molar-refractivity contribution in [2.24, 2.45) is 10.8 Å². The molecule has 3 aliphatic rings. The van der Waals surface area contributed by atoms with E-state index >= 15 is 0 Å². The monoisotopic (exact) mass is 606 g/mol. The van der Waals surface area contributed by atoms with Crippen LogP contribution in [0.4, 0.5) is 5.69 Å². The third kappa shape index (κ3) is 5.59. The summed E-state index contributed by atoms with van der Waals surface area (Å²) < 4.78 is 12.2. The molecule has 0 saturated heterocycles. The number of para-hydroxylation sites is 2. The summed E-state index contributed by atoms with van der Waals surface area (Å²) in [7, 11) is 1.54. The zero-order valence-electron chi connectivity index (χ0n) is 23.6. The Morgan fingerprint density at radius 2 is 1.52 bits per heavy atom. The van der Waals surface area contributed by atoms with Crippen molar-refractivity contribution >= 4 is 39.1 Å². The third-order valence-electron chi connectivity index (χ3n) is 7.74. The van der Waals surface area contributed by atoms with Crippen molar-refractivity contribution < 1.29 is 23.9 Å². The molecule has 8 heteroatoms. The Balaban J connectivity index is 1.53. The van der Waals surface area contributed by atoms with Crippen molar-refractivity contribution in [1.29, 1.82) is 0 Å². The largest absolute Gasteiger partial charge is 0.495 e. The van der Waals surface area contributed by atoms with Crippen LogP contribution in [0.15, 0.2) is 69.5 Å². The van der Waals surface area contributed by atoms with Gasteiger partial charge in [0.1, 0.15) is 11.5 Å². The molecule has 2 aliphatic carbocycles. The van der Waals surface area contributed by atoms with E-state index in [9.17, 15) is 14.4 Å².